The third-order valence-electron chi connectivity index (χ3n) is 4.44. The largest absolute Gasteiger partial charge is 0.487 e. The van der Waals surface area contributed by atoms with Gasteiger partial charge in [0.15, 0.2) is 0 Å². The van der Waals surface area contributed by atoms with E-state index in [1.54, 1.807) is 18.2 Å². The van der Waals surface area contributed by atoms with Crippen molar-refractivity contribution in [2.45, 2.75) is 13.0 Å². The van der Waals surface area contributed by atoms with Gasteiger partial charge < -0.3 is 9.84 Å². The molecule has 0 bridgehead atoms. The lowest BCUT2D eigenvalue weighted by Gasteiger charge is -2.12. The highest BCUT2D eigenvalue weighted by Crippen LogP contribution is 2.26. The van der Waals surface area contributed by atoms with Gasteiger partial charge in [0, 0.05) is 18.7 Å². The molecule has 0 amide bonds. The molecule has 1 N–H and O–H groups in total. The first-order valence-electron chi connectivity index (χ1n) is 9.06. The molecule has 8 heteroatoms. The van der Waals surface area contributed by atoms with Gasteiger partial charge in [-0.3, -0.25) is 10.1 Å². The number of rotatable bonds is 7. The maximum absolute atomic E-state index is 11.0. The molecule has 4 rings (SSSR count). The molecule has 0 unspecified atom stereocenters. The standard InChI is InChI=1S/C21H18N4O4/c26-11-10-15-8-9-21(29-14-16-4-3-5-17(12-16)25(27)28)20(13-15)24-22-18-6-1-2-7-19(18)23-24/h1-9,12-13,26H,10-11,14H2. The number of aromatic nitrogens is 3. The monoisotopic (exact) mass is 390 g/mol. The summed E-state index contributed by atoms with van der Waals surface area (Å²) in [6.07, 6.45) is 0.499. The van der Waals surface area contributed by atoms with Crippen molar-refractivity contribution in [3.8, 4) is 11.4 Å². The van der Waals surface area contributed by atoms with Crippen LogP contribution in [0.25, 0.3) is 16.7 Å². The van der Waals surface area contributed by atoms with Crippen molar-refractivity contribution in [2.75, 3.05) is 6.61 Å². The van der Waals surface area contributed by atoms with E-state index >= 15 is 0 Å². The minimum atomic E-state index is -0.433. The van der Waals surface area contributed by atoms with E-state index in [0.717, 1.165) is 16.6 Å². The molecule has 0 saturated heterocycles. The summed E-state index contributed by atoms with van der Waals surface area (Å²) in [6, 6.07) is 19.4. The highest BCUT2D eigenvalue weighted by atomic mass is 16.6. The van der Waals surface area contributed by atoms with Crippen molar-refractivity contribution in [2.24, 2.45) is 0 Å². The number of aliphatic hydroxyl groups is 1. The van der Waals surface area contributed by atoms with Gasteiger partial charge in [-0.15, -0.1) is 15.0 Å². The van der Waals surface area contributed by atoms with Crippen LogP contribution in [0, 0.1) is 10.1 Å². The smallest absolute Gasteiger partial charge is 0.269 e. The number of hydrogen-bond acceptors (Lipinski definition) is 6. The average molecular weight is 390 g/mol. The number of benzene rings is 3. The zero-order chi connectivity index (χ0) is 20.2. The van der Waals surface area contributed by atoms with E-state index in [4.69, 9.17) is 4.74 Å². The molecule has 1 aromatic heterocycles. The Morgan fingerprint density at radius 2 is 1.72 bits per heavy atom. The third kappa shape index (κ3) is 4.07. The molecule has 0 aliphatic carbocycles. The number of aliphatic hydroxyl groups excluding tert-OH is 1. The Hall–Kier alpha value is -3.78. The Balaban J connectivity index is 1.67. The first-order chi connectivity index (χ1) is 14.1. The van der Waals surface area contributed by atoms with Crippen LogP contribution in [0.1, 0.15) is 11.1 Å². The van der Waals surface area contributed by atoms with Gasteiger partial charge in [-0.05, 0) is 41.8 Å². The lowest BCUT2D eigenvalue weighted by molar-refractivity contribution is -0.384. The molecule has 0 atom stereocenters. The summed E-state index contributed by atoms with van der Waals surface area (Å²) in [7, 11) is 0. The molecule has 3 aromatic carbocycles. The number of nitrogens with zero attached hydrogens (tertiary/aromatic N) is 4. The van der Waals surface area contributed by atoms with E-state index in [9.17, 15) is 15.2 Å². The van der Waals surface area contributed by atoms with E-state index in [2.05, 4.69) is 10.2 Å². The van der Waals surface area contributed by atoms with E-state index < -0.39 is 4.92 Å². The van der Waals surface area contributed by atoms with Gasteiger partial charge in [0.25, 0.3) is 5.69 Å². The number of non-ortho nitro benzene ring substituents is 1. The molecular weight excluding hydrogens is 372 g/mol. The molecule has 29 heavy (non-hydrogen) atoms. The quantitative estimate of drug-likeness (QED) is 0.383. The third-order valence-corrected chi connectivity index (χ3v) is 4.44. The summed E-state index contributed by atoms with van der Waals surface area (Å²) in [5.74, 6) is 0.540. The minimum Gasteiger partial charge on any atom is -0.487 e. The van der Waals surface area contributed by atoms with E-state index in [1.165, 1.54) is 16.9 Å². The first-order valence-corrected chi connectivity index (χ1v) is 9.06. The van der Waals surface area contributed by atoms with Gasteiger partial charge in [0.05, 0.1) is 4.92 Å². The van der Waals surface area contributed by atoms with Crippen LogP contribution in [0.4, 0.5) is 5.69 Å². The maximum atomic E-state index is 11.0. The predicted molar refractivity (Wildman–Crippen MR) is 107 cm³/mol. The lowest BCUT2D eigenvalue weighted by Crippen LogP contribution is -2.05. The van der Waals surface area contributed by atoms with Gasteiger partial charge in [-0.25, -0.2) is 0 Å². The van der Waals surface area contributed by atoms with Crippen LogP contribution in [0.3, 0.4) is 0 Å². The van der Waals surface area contributed by atoms with Crippen molar-refractivity contribution in [3.05, 3.63) is 88.0 Å². The second kappa shape index (κ2) is 8.07. The Kier molecular flexibility index (Phi) is 5.17. The van der Waals surface area contributed by atoms with Gasteiger partial charge in [0.1, 0.15) is 29.1 Å². The Morgan fingerprint density at radius 1 is 0.966 bits per heavy atom. The van der Waals surface area contributed by atoms with E-state index in [0.29, 0.717) is 23.4 Å². The SMILES string of the molecule is O=[N+]([O-])c1cccc(COc2ccc(CCO)cc2-n2nc3ccccc3n2)c1. The molecule has 0 aliphatic rings. The van der Waals surface area contributed by atoms with Gasteiger partial charge in [0.2, 0.25) is 0 Å². The summed E-state index contributed by atoms with van der Waals surface area (Å²) in [5, 5.41) is 29.3. The number of fused-ring (bicyclic) bond motifs is 1. The number of nitro groups is 1. The normalized spacial score (nSPS) is 10.9. The fraction of sp³-hybridized carbons (Fsp3) is 0.143. The molecule has 0 fully saturated rings. The predicted octanol–water partition coefficient (Wildman–Crippen LogP) is 3.44. The van der Waals surface area contributed by atoms with Crippen molar-refractivity contribution in [1.29, 1.82) is 0 Å². The first kappa shape index (κ1) is 18.6. The van der Waals surface area contributed by atoms with Crippen molar-refractivity contribution < 1.29 is 14.8 Å². The fourth-order valence-electron chi connectivity index (χ4n) is 3.01. The Bertz CT molecular complexity index is 1140. The minimum absolute atomic E-state index is 0.0182. The molecule has 0 saturated carbocycles. The van der Waals surface area contributed by atoms with Crippen molar-refractivity contribution >= 4 is 16.7 Å². The second-order valence-corrected chi connectivity index (χ2v) is 6.47. The Morgan fingerprint density at radius 3 is 2.41 bits per heavy atom. The summed E-state index contributed by atoms with van der Waals surface area (Å²) >= 11 is 0. The van der Waals surface area contributed by atoms with Crippen LogP contribution in [-0.4, -0.2) is 31.6 Å². The van der Waals surface area contributed by atoms with Crippen LogP contribution in [0.2, 0.25) is 0 Å². The average Bonchev–Trinajstić information content (AvgIpc) is 3.17. The maximum Gasteiger partial charge on any atom is 0.269 e. The Labute approximate surface area is 166 Å². The number of ether oxygens (including phenoxy) is 1. The van der Waals surface area contributed by atoms with Crippen LogP contribution < -0.4 is 4.74 Å². The molecule has 0 aliphatic heterocycles. The zero-order valence-electron chi connectivity index (χ0n) is 15.4. The number of nitro benzene ring substituents is 1. The summed E-state index contributed by atoms with van der Waals surface area (Å²) in [5.41, 5.74) is 3.77. The molecule has 4 aromatic rings. The summed E-state index contributed by atoms with van der Waals surface area (Å²) < 4.78 is 5.96. The van der Waals surface area contributed by atoms with Gasteiger partial charge >= 0.3 is 0 Å². The molecule has 8 nitrogen and oxygen atoms in total. The molecule has 0 radical (unpaired) electrons. The lowest BCUT2D eigenvalue weighted by atomic mass is 10.1. The van der Waals surface area contributed by atoms with Crippen molar-refractivity contribution in [1.82, 2.24) is 15.0 Å². The summed E-state index contributed by atoms with van der Waals surface area (Å²) in [4.78, 5) is 12.1. The number of hydrogen-bond donors (Lipinski definition) is 1. The highest BCUT2D eigenvalue weighted by Gasteiger charge is 2.13. The molecule has 146 valence electrons. The van der Waals surface area contributed by atoms with Gasteiger partial charge in [-0.1, -0.05) is 30.3 Å². The van der Waals surface area contributed by atoms with Crippen LogP contribution in [-0.2, 0) is 13.0 Å². The molecule has 1 heterocycles. The zero-order valence-corrected chi connectivity index (χ0v) is 15.4. The summed E-state index contributed by atoms with van der Waals surface area (Å²) in [6.45, 7) is 0.191. The topological polar surface area (TPSA) is 103 Å². The molecule has 0 spiro atoms. The highest BCUT2D eigenvalue weighted by molar-refractivity contribution is 5.73. The second-order valence-electron chi connectivity index (χ2n) is 6.47. The van der Waals surface area contributed by atoms with E-state index in [1.807, 2.05) is 36.4 Å². The van der Waals surface area contributed by atoms with Gasteiger partial charge in [-0.2, -0.15) is 0 Å². The fourth-order valence-corrected chi connectivity index (χ4v) is 3.01. The molecular formula is C21H18N4O4. The van der Waals surface area contributed by atoms with E-state index in [-0.39, 0.29) is 18.9 Å². The van der Waals surface area contributed by atoms with Crippen molar-refractivity contribution in [3.63, 3.8) is 0 Å². The van der Waals surface area contributed by atoms with Crippen LogP contribution in [0.15, 0.2) is 66.7 Å². The van der Waals surface area contributed by atoms with Crippen LogP contribution in [0.5, 0.6) is 5.75 Å². The van der Waals surface area contributed by atoms with Crippen LogP contribution >= 0.6 is 0 Å².